The Morgan fingerprint density at radius 3 is 2.23 bits per heavy atom. The number of nitrogens with zero attached hydrogens (tertiary/aromatic N) is 6. The number of rotatable bonds is 6. The minimum atomic E-state index is -0.601. The van der Waals surface area contributed by atoms with Crippen molar-refractivity contribution in [2.75, 3.05) is 0 Å². The fraction of sp³-hybridized carbons (Fsp3) is 0.160. The lowest BCUT2D eigenvalue weighted by Gasteiger charge is -2.12. The highest BCUT2D eigenvalue weighted by molar-refractivity contribution is 7.07. The number of thiazole rings is 1. The second kappa shape index (κ2) is 9.51. The molecule has 3 aromatic heterocycles. The highest BCUT2D eigenvalue weighted by atomic mass is 32.1. The number of hydrogen-bond donors (Lipinski definition) is 0. The first-order valence-corrected chi connectivity index (χ1v) is 11.8. The molecule has 0 unspecified atom stereocenters. The first kappa shape index (κ1) is 22.5. The van der Waals surface area contributed by atoms with Gasteiger partial charge in [-0.25, -0.2) is 14.3 Å². The van der Waals surface area contributed by atoms with Crippen LogP contribution in [0.3, 0.4) is 0 Å². The molecule has 0 saturated carbocycles. The van der Waals surface area contributed by atoms with E-state index < -0.39 is 23.7 Å². The summed E-state index contributed by atoms with van der Waals surface area (Å²) in [6.07, 6.45) is 3.34. The zero-order valence-corrected chi connectivity index (χ0v) is 19.8. The third-order valence-corrected chi connectivity index (χ3v) is 6.48. The van der Waals surface area contributed by atoms with E-state index >= 15 is 0 Å². The number of aryl methyl sites for hydroxylation is 1. The summed E-state index contributed by atoms with van der Waals surface area (Å²) in [7, 11) is 1.77. The van der Waals surface area contributed by atoms with Crippen LogP contribution < -0.4 is 16.1 Å². The summed E-state index contributed by atoms with van der Waals surface area (Å²) in [5, 5.41) is 1.80. The van der Waals surface area contributed by atoms with Crippen molar-refractivity contribution in [3.63, 3.8) is 0 Å². The van der Waals surface area contributed by atoms with Crippen LogP contribution in [0.2, 0.25) is 0 Å². The predicted octanol–water partition coefficient (Wildman–Crippen LogP) is 1.98. The Bertz CT molecular complexity index is 1690. The number of fused-ring (bicyclic) bond motifs is 1. The van der Waals surface area contributed by atoms with Crippen LogP contribution in [0.5, 0.6) is 0 Å². The van der Waals surface area contributed by atoms with Crippen molar-refractivity contribution < 1.29 is 4.79 Å². The Morgan fingerprint density at radius 2 is 1.60 bits per heavy atom. The lowest BCUT2D eigenvalue weighted by Crippen LogP contribution is -2.42. The Balaban J connectivity index is 1.66. The van der Waals surface area contributed by atoms with E-state index in [-0.39, 0.29) is 17.7 Å². The molecule has 0 bridgehead atoms. The standard InChI is InChI=1S/C25H22N6O3S/c1-28-12-13-35-24(28)27-20(32)16-31-23(33)21-22(26-17-29(21)14-18-8-4-2-5-9-18)30(25(31)34)15-19-10-6-3-7-11-19/h2-13,17H,14-16H2,1H3. The largest absolute Gasteiger partial charge is 0.333 e. The van der Waals surface area contributed by atoms with Gasteiger partial charge >= 0.3 is 5.69 Å². The molecule has 10 heteroatoms. The smallest absolute Gasteiger partial charge is 0.327 e. The van der Waals surface area contributed by atoms with Crippen molar-refractivity contribution in [1.82, 2.24) is 23.3 Å². The Kier molecular flexibility index (Phi) is 6.11. The fourth-order valence-electron chi connectivity index (χ4n) is 3.90. The first-order valence-electron chi connectivity index (χ1n) is 11.0. The maximum Gasteiger partial charge on any atom is 0.333 e. The molecular weight excluding hydrogens is 464 g/mol. The molecule has 35 heavy (non-hydrogen) atoms. The Hall–Kier alpha value is -4.31. The van der Waals surface area contributed by atoms with Crippen LogP contribution >= 0.6 is 11.3 Å². The van der Waals surface area contributed by atoms with Gasteiger partial charge in [0, 0.05) is 25.2 Å². The van der Waals surface area contributed by atoms with Gasteiger partial charge in [-0.05, 0) is 11.1 Å². The van der Waals surface area contributed by atoms with E-state index in [0.29, 0.717) is 11.3 Å². The number of carbonyl (C=O) groups is 1. The van der Waals surface area contributed by atoms with Gasteiger partial charge in [-0.3, -0.25) is 14.2 Å². The van der Waals surface area contributed by atoms with E-state index in [0.717, 1.165) is 15.7 Å². The fourth-order valence-corrected chi connectivity index (χ4v) is 4.65. The molecule has 1 amide bonds. The summed E-state index contributed by atoms with van der Waals surface area (Å²) < 4.78 is 5.81. The molecule has 176 valence electrons. The molecule has 0 radical (unpaired) electrons. The lowest BCUT2D eigenvalue weighted by molar-refractivity contribution is -0.118. The quantitative estimate of drug-likeness (QED) is 0.367. The molecule has 3 heterocycles. The van der Waals surface area contributed by atoms with E-state index in [1.165, 1.54) is 15.9 Å². The third kappa shape index (κ3) is 4.56. The first-order chi connectivity index (χ1) is 17.0. The predicted molar refractivity (Wildman–Crippen MR) is 133 cm³/mol. The zero-order chi connectivity index (χ0) is 24.4. The van der Waals surface area contributed by atoms with Crippen molar-refractivity contribution in [2.24, 2.45) is 12.0 Å². The maximum absolute atomic E-state index is 13.5. The average molecular weight is 487 g/mol. The van der Waals surface area contributed by atoms with Crippen molar-refractivity contribution >= 4 is 28.4 Å². The second-order valence-corrected chi connectivity index (χ2v) is 8.95. The molecule has 0 N–H and O–H groups in total. The topological polar surface area (TPSA) is 96.2 Å². The van der Waals surface area contributed by atoms with Crippen LogP contribution in [0.15, 0.2) is 93.1 Å². The van der Waals surface area contributed by atoms with Gasteiger partial charge in [-0.2, -0.15) is 4.99 Å². The summed E-state index contributed by atoms with van der Waals surface area (Å²) in [4.78, 5) is 48.7. The van der Waals surface area contributed by atoms with Crippen LogP contribution in [0.25, 0.3) is 11.2 Å². The Labute approximate surface area is 203 Å². The van der Waals surface area contributed by atoms with E-state index in [4.69, 9.17) is 0 Å². The van der Waals surface area contributed by atoms with Gasteiger partial charge in [-0.15, -0.1) is 11.3 Å². The number of amides is 1. The highest BCUT2D eigenvalue weighted by Crippen LogP contribution is 2.12. The van der Waals surface area contributed by atoms with Gasteiger partial charge in [0.1, 0.15) is 6.54 Å². The van der Waals surface area contributed by atoms with Gasteiger partial charge in [0.15, 0.2) is 16.0 Å². The van der Waals surface area contributed by atoms with Crippen LogP contribution in [-0.4, -0.2) is 29.2 Å². The van der Waals surface area contributed by atoms with Gasteiger partial charge in [-0.1, -0.05) is 60.7 Å². The van der Waals surface area contributed by atoms with E-state index in [9.17, 15) is 14.4 Å². The molecule has 0 aliphatic carbocycles. The van der Waals surface area contributed by atoms with E-state index in [2.05, 4.69) is 9.98 Å². The van der Waals surface area contributed by atoms with Crippen LogP contribution in [-0.2, 0) is 31.5 Å². The molecule has 9 nitrogen and oxygen atoms in total. The van der Waals surface area contributed by atoms with E-state index in [1.54, 1.807) is 34.1 Å². The number of benzene rings is 2. The van der Waals surface area contributed by atoms with E-state index in [1.807, 2.05) is 60.7 Å². The van der Waals surface area contributed by atoms with Gasteiger partial charge in [0.25, 0.3) is 11.5 Å². The summed E-state index contributed by atoms with van der Waals surface area (Å²) in [5.74, 6) is -0.581. The van der Waals surface area contributed by atoms with Crippen LogP contribution in [0.1, 0.15) is 11.1 Å². The molecule has 5 rings (SSSR count). The van der Waals surface area contributed by atoms with Crippen molar-refractivity contribution in [3.05, 3.63) is 115 Å². The molecule has 0 spiro atoms. The number of imidazole rings is 1. The normalized spacial score (nSPS) is 11.9. The minimum absolute atomic E-state index is 0.212. The molecule has 5 aromatic rings. The third-order valence-electron chi connectivity index (χ3n) is 5.64. The van der Waals surface area contributed by atoms with Gasteiger partial charge in [0.2, 0.25) is 0 Å². The van der Waals surface area contributed by atoms with Crippen LogP contribution in [0.4, 0.5) is 0 Å². The van der Waals surface area contributed by atoms with Gasteiger partial charge in [0.05, 0.1) is 12.9 Å². The number of aromatic nitrogens is 5. The summed E-state index contributed by atoms with van der Waals surface area (Å²) in [6, 6.07) is 19.1. The second-order valence-electron chi connectivity index (χ2n) is 8.08. The molecule has 0 aliphatic rings. The highest BCUT2D eigenvalue weighted by Gasteiger charge is 2.20. The van der Waals surface area contributed by atoms with Crippen molar-refractivity contribution in [2.45, 2.75) is 19.6 Å². The number of carbonyl (C=O) groups excluding carboxylic acids is 1. The SMILES string of the molecule is Cn1ccsc1=NC(=O)Cn1c(=O)c2c(ncn2Cc2ccccc2)n(Cc2ccccc2)c1=O. The molecule has 0 atom stereocenters. The monoisotopic (exact) mass is 486 g/mol. The summed E-state index contributed by atoms with van der Waals surface area (Å²) in [6.45, 7) is 0.153. The number of hydrogen-bond acceptors (Lipinski definition) is 5. The van der Waals surface area contributed by atoms with Crippen molar-refractivity contribution in [1.29, 1.82) is 0 Å². The Morgan fingerprint density at radius 1 is 0.943 bits per heavy atom. The molecule has 0 fully saturated rings. The molecule has 0 aliphatic heterocycles. The molecule has 0 saturated heterocycles. The summed E-state index contributed by atoms with van der Waals surface area (Å²) >= 11 is 1.30. The average Bonchev–Trinajstić information content (AvgIpc) is 3.47. The maximum atomic E-state index is 13.5. The summed E-state index contributed by atoms with van der Waals surface area (Å²) in [5.41, 5.74) is 1.23. The minimum Gasteiger partial charge on any atom is -0.327 e. The molecule has 2 aromatic carbocycles. The lowest BCUT2D eigenvalue weighted by atomic mass is 10.2. The van der Waals surface area contributed by atoms with Crippen molar-refractivity contribution in [3.8, 4) is 0 Å². The molecular formula is C25H22N6O3S. The van der Waals surface area contributed by atoms with Crippen LogP contribution in [0, 0.1) is 0 Å². The van der Waals surface area contributed by atoms with Gasteiger partial charge < -0.3 is 9.13 Å². The zero-order valence-electron chi connectivity index (χ0n) is 18.9.